The summed E-state index contributed by atoms with van der Waals surface area (Å²) < 4.78 is 22.6. The van der Waals surface area contributed by atoms with Crippen LogP contribution in [-0.4, -0.2) is 45.3 Å². The molecule has 0 aliphatic rings. The van der Waals surface area contributed by atoms with Gasteiger partial charge in [-0.1, -0.05) is 12.1 Å². The number of esters is 1. The third-order valence-corrected chi connectivity index (χ3v) is 2.70. The average Bonchev–Trinajstić information content (AvgIpc) is 2.38. The molecule has 1 aromatic carbocycles. The molecule has 0 radical (unpaired) electrons. The lowest BCUT2D eigenvalue weighted by Crippen LogP contribution is -2.34. The molecule has 0 spiro atoms. The summed E-state index contributed by atoms with van der Waals surface area (Å²) in [5.41, 5.74) is 0.696. The van der Waals surface area contributed by atoms with E-state index in [9.17, 15) is 9.18 Å². The van der Waals surface area contributed by atoms with Gasteiger partial charge in [0, 0.05) is 13.7 Å². The maximum atomic E-state index is 12.9. The highest BCUT2D eigenvalue weighted by molar-refractivity contribution is 5.77. The van der Waals surface area contributed by atoms with Crippen LogP contribution in [0.3, 0.4) is 0 Å². The van der Waals surface area contributed by atoms with Crippen LogP contribution in [0, 0.1) is 5.82 Å². The second-order valence-corrected chi connectivity index (χ2v) is 3.95. The third kappa shape index (κ3) is 3.78. The number of hydrogen-bond acceptors (Lipinski definition) is 4. The summed E-state index contributed by atoms with van der Waals surface area (Å²) >= 11 is 0. The predicted molar refractivity (Wildman–Crippen MR) is 65.7 cm³/mol. The molecule has 18 heavy (non-hydrogen) atoms. The van der Waals surface area contributed by atoms with Crippen LogP contribution in [0.5, 0.6) is 0 Å². The van der Waals surface area contributed by atoms with E-state index in [4.69, 9.17) is 9.47 Å². The van der Waals surface area contributed by atoms with E-state index in [0.717, 1.165) is 0 Å². The van der Waals surface area contributed by atoms with Gasteiger partial charge in [0.15, 0.2) is 0 Å². The molecule has 0 unspecified atom stereocenters. The Morgan fingerprint density at radius 1 is 1.33 bits per heavy atom. The molecule has 4 nitrogen and oxygen atoms in total. The Labute approximate surface area is 106 Å². The Kier molecular flexibility index (Phi) is 5.74. The largest absolute Gasteiger partial charge is 0.468 e. The van der Waals surface area contributed by atoms with Crippen molar-refractivity contribution >= 4 is 5.97 Å². The molecule has 0 saturated heterocycles. The molecule has 1 atom stereocenters. The van der Waals surface area contributed by atoms with E-state index in [1.165, 1.54) is 19.2 Å². The van der Waals surface area contributed by atoms with Crippen molar-refractivity contribution in [3.05, 3.63) is 35.6 Å². The first-order valence-electron chi connectivity index (χ1n) is 5.62. The molecule has 5 heteroatoms. The summed E-state index contributed by atoms with van der Waals surface area (Å²) in [7, 11) is 4.73. The highest BCUT2D eigenvalue weighted by atomic mass is 19.1. The van der Waals surface area contributed by atoms with Gasteiger partial charge in [0.2, 0.25) is 0 Å². The van der Waals surface area contributed by atoms with Gasteiger partial charge < -0.3 is 9.47 Å². The first-order valence-corrected chi connectivity index (χ1v) is 5.62. The zero-order valence-electron chi connectivity index (χ0n) is 10.9. The van der Waals surface area contributed by atoms with Gasteiger partial charge in [0.25, 0.3) is 0 Å². The van der Waals surface area contributed by atoms with Crippen molar-refractivity contribution in [1.29, 1.82) is 0 Å². The normalized spacial score (nSPS) is 12.5. The first-order chi connectivity index (χ1) is 8.60. The quantitative estimate of drug-likeness (QED) is 0.724. The summed E-state index contributed by atoms with van der Waals surface area (Å²) in [6, 6.07) is 5.27. The predicted octanol–water partition coefficient (Wildman–Crippen LogP) is 1.62. The molecule has 0 aliphatic heterocycles. The van der Waals surface area contributed by atoms with Gasteiger partial charge in [-0.25, -0.2) is 9.18 Å². The SMILES string of the molecule is COCCN(C)[C@H](C(=O)OC)c1ccc(F)cc1. The molecule has 1 aromatic rings. The Morgan fingerprint density at radius 2 is 1.94 bits per heavy atom. The zero-order chi connectivity index (χ0) is 13.5. The lowest BCUT2D eigenvalue weighted by molar-refractivity contribution is -0.147. The van der Waals surface area contributed by atoms with Crippen molar-refractivity contribution in [3.8, 4) is 0 Å². The molecule has 100 valence electrons. The number of rotatable bonds is 6. The number of nitrogens with zero attached hydrogens (tertiary/aromatic N) is 1. The summed E-state index contributed by atoms with van der Waals surface area (Å²) in [5.74, 6) is -0.706. The van der Waals surface area contributed by atoms with E-state index in [-0.39, 0.29) is 11.8 Å². The molecule has 0 saturated carbocycles. The minimum Gasteiger partial charge on any atom is -0.468 e. The molecule has 0 fully saturated rings. The van der Waals surface area contributed by atoms with E-state index < -0.39 is 6.04 Å². The van der Waals surface area contributed by atoms with Gasteiger partial charge in [-0.05, 0) is 24.7 Å². The van der Waals surface area contributed by atoms with E-state index in [2.05, 4.69) is 0 Å². The van der Waals surface area contributed by atoms with Crippen molar-refractivity contribution in [2.24, 2.45) is 0 Å². The van der Waals surface area contributed by atoms with E-state index >= 15 is 0 Å². The Hall–Kier alpha value is -1.46. The number of methoxy groups -OCH3 is 2. The lowest BCUT2D eigenvalue weighted by atomic mass is 10.1. The van der Waals surface area contributed by atoms with Crippen molar-refractivity contribution < 1.29 is 18.7 Å². The van der Waals surface area contributed by atoms with Gasteiger partial charge in [-0.3, -0.25) is 4.90 Å². The van der Waals surface area contributed by atoms with Crippen LogP contribution >= 0.6 is 0 Å². The van der Waals surface area contributed by atoms with Crippen LogP contribution in [0.25, 0.3) is 0 Å². The van der Waals surface area contributed by atoms with Gasteiger partial charge in [-0.15, -0.1) is 0 Å². The fourth-order valence-corrected chi connectivity index (χ4v) is 1.69. The smallest absolute Gasteiger partial charge is 0.327 e. The highest BCUT2D eigenvalue weighted by Gasteiger charge is 2.25. The lowest BCUT2D eigenvalue weighted by Gasteiger charge is -2.25. The molecule has 0 amide bonds. The standard InChI is InChI=1S/C13H18FNO3/c1-15(8-9-17-2)12(13(16)18-3)10-4-6-11(14)7-5-10/h4-7,12H,8-9H2,1-3H3/t12-/m0/s1. The number of ether oxygens (including phenoxy) is 2. The Balaban J connectivity index is 2.90. The van der Waals surface area contributed by atoms with Crippen molar-refractivity contribution in [1.82, 2.24) is 4.90 Å². The van der Waals surface area contributed by atoms with Crippen LogP contribution in [-0.2, 0) is 14.3 Å². The number of hydrogen-bond donors (Lipinski definition) is 0. The van der Waals surface area contributed by atoms with Gasteiger partial charge in [0.1, 0.15) is 11.9 Å². The van der Waals surface area contributed by atoms with Crippen molar-refractivity contribution in [2.45, 2.75) is 6.04 Å². The number of carbonyl (C=O) groups is 1. The third-order valence-electron chi connectivity index (χ3n) is 2.70. The average molecular weight is 255 g/mol. The van der Waals surface area contributed by atoms with Gasteiger partial charge in [0.05, 0.1) is 13.7 Å². The summed E-state index contributed by atoms with van der Waals surface area (Å²) in [4.78, 5) is 13.6. The molecule has 0 aliphatic carbocycles. The van der Waals surface area contributed by atoms with E-state index in [1.54, 1.807) is 26.3 Å². The fraction of sp³-hybridized carbons (Fsp3) is 0.462. The monoisotopic (exact) mass is 255 g/mol. The summed E-state index contributed by atoms with van der Waals surface area (Å²) in [5, 5.41) is 0. The topological polar surface area (TPSA) is 38.8 Å². The zero-order valence-corrected chi connectivity index (χ0v) is 10.9. The Bertz CT molecular complexity index is 380. The van der Waals surface area contributed by atoms with Crippen LogP contribution < -0.4 is 0 Å². The van der Waals surface area contributed by atoms with E-state index in [0.29, 0.717) is 18.7 Å². The fourth-order valence-electron chi connectivity index (χ4n) is 1.69. The first kappa shape index (κ1) is 14.6. The van der Waals surface area contributed by atoms with Gasteiger partial charge in [-0.2, -0.15) is 0 Å². The number of likely N-dealkylation sites (N-methyl/N-ethyl adjacent to an activating group) is 1. The Morgan fingerprint density at radius 3 is 2.44 bits per heavy atom. The summed E-state index contributed by atoms with van der Waals surface area (Å²) in [6.45, 7) is 1.08. The van der Waals surface area contributed by atoms with Crippen LogP contribution in [0.4, 0.5) is 4.39 Å². The molecule has 0 heterocycles. The van der Waals surface area contributed by atoms with Crippen molar-refractivity contribution in [3.63, 3.8) is 0 Å². The maximum Gasteiger partial charge on any atom is 0.327 e. The van der Waals surface area contributed by atoms with Crippen molar-refractivity contribution in [2.75, 3.05) is 34.4 Å². The highest BCUT2D eigenvalue weighted by Crippen LogP contribution is 2.21. The molecule has 0 aromatic heterocycles. The minimum atomic E-state index is -0.550. The molecular weight excluding hydrogens is 237 g/mol. The molecule has 1 rings (SSSR count). The van der Waals surface area contributed by atoms with E-state index in [1.807, 2.05) is 4.90 Å². The molecular formula is C13H18FNO3. The second kappa shape index (κ2) is 7.08. The molecule has 0 N–H and O–H groups in total. The second-order valence-electron chi connectivity index (χ2n) is 3.95. The minimum absolute atomic E-state index is 0.332. The van der Waals surface area contributed by atoms with Crippen LogP contribution in [0.2, 0.25) is 0 Å². The maximum absolute atomic E-state index is 12.9. The van der Waals surface area contributed by atoms with Crippen LogP contribution in [0.15, 0.2) is 24.3 Å². The van der Waals surface area contributed by atoms with Crippen LogP contribution in [0.1, 0.15) is 11.6 Å². The number of halogens is 1. The number of benzene rings is 1. The number of carbonyl (C=O) groups excluding carboxylic acids is 1. The summed E-state index contributed by atoms with van der Waals surface area (Å²) in [6.07, 6.45) is 0. The van der Waals surface area contributed by atoms with Gasteiger partial charge >= 0.3 is 5.97 Å². The molecule has 0 bridgehead atoms.